The van der Waals surface area contributed by atoms with E-state index in [1.54, 1.807) is 41.3 Å². The fourth-order valence-corrected chi connectivity index (χ4v) is 5.95. The molecule has 2 amide bonds. The van der Waals surface area contributed by atoms with Crippen molar-refractivity contribution in [2.45, 2.75) is 63.6 Å². The Morgan fingerprint density at radius 3 is 1.89 bits per heavy atom. The van der Waals surface area contributed by atoms with Gasteiger partial charge in [0.1, 0.15) is 6.04 Å². The van der Waals surface area contributed by atoms with Crippen LogP contribution in [-0.2, 0) is 29.0 Å². The second-order valence-electron chi connectivity index (χ2n) is 9.65. The Hall–Kier alpha value is -2.24. The van der Waals surface area contributed by atoms with Gasteiger partial charge < -0.3 is 10.2 Å². The summed E-state index contributed by atoms with van der Waals surface area (Å²) in [7, 11) is 0. The molecule has 1 fully saturated rings. The van der Waals surface area contributed by atoms with Crippen LogP contribution in [-0.4, -0.2) is 28.8 Å². The van der Waals surface area contributed by atoms with E-state index in [9.17, 15) is 9.59 Å². The number of hydrogen-bond acceptors (Lipinski definition) is 2. The van der Waals surface area contributed by atoms with Gasteiger partial charge in [0.25, 0.3) is 0 Å². The van der Waals surface area contributed by atoms with Gasteiger partial charge in [-0.05, 0) is 48.2 Å². The maximum absolute atomic E-state index is 14.0. The minimum atomic E-state index is -0.791. The number of rotatable bonds is 9. The van der Waals surface area contributed by atoms with E-state index in [-0.39, 0.29) is 30.8 Å². The molecule has 0 heterocycles. The molecule has 0 bridgehead atoms. The zero-order chi connectivity index (χ0) is 27.1. The van der Waals surface area contributed by atoms with Crippen LogP contribution in [0.25, 0.3) is 0 Å². The lowest BCUT2D eigenvalue weighted by molar-refractivity contribution is -0.141. The van der Waals surface area contributed by atoms with Crippen LogP contribution in [0.4, 0.5) is 0 Å². The van der Waals surface area contributed by atoms with Crippen molar-refractivity contribution in [1.82, 2.24) is 10.2 Å². The lowest BCUT2D eigenvalue weighted by Crippen LogP contribution is -2.53. The van der Waals surface area contributed by atoms with E-state index in [1.165, 1.54) is 6.42 Å². The number of nitrogens with one attached hydrogen (secondary N) is 1. The Labute approximate surface area is 244 Å². The number of benzene rings is 3. The van der Waals surface area contributed by atoms with Crippen molar-refractivity contribution < 1.29 is 9.59 Å². The number of halogens is 4. The fourth-order valence-electron chi connectivity index (χ4n) is 4.91. The highest BCUT2D eigenvalue weighted by atomic mass is 35.5. The molecule has 1 aliphatic carbocycles. The molecule has 1 atom stereocenters. The Balaban J connectivity index is 1.72. The van der Waals surface area contributed by atoms with Gasteiger partial charge in [-0.15, -0.1) is 0 Å². The summed E-state index contributed by atoms with van der Waals surface area (Å²) in [5.41, 5.74) is 2.04. The van der Waals surface area contributed by atoms with Gasteiger partial charge in [0, 0.05) is 44.7 Å². The summed E-state index contributed by atoms with van der Waals surface area (Å²) in [4.78, 5) is 29.5. The molecule has 200 valence electrons. The van der Waals surface area contributed by atoms with E-state index in [4.69, 9.17) is 46.4 Å². The average molecular weight is 592 g/mol. The summed E-state index contributed by atoms with van der Waals surface area (Å²) in [6.07, 6.45) is 5.47. The van der Waals surface area contributed by atoms with Gasteiger partial charge in [0.05, 0.1) is 6.42 Å². The summed E-state index contributed by atoms with van der Waals surface area (Å²) in [5, 5.41) is 4.87. The van der Waals surface area contributed by atoms with Crippen LogP contribution in [0.3, 0.4) is 0 Å². The van der Waals surface area contributed by atoms with Crippen molar-refractivity contribution in [3.8, 4) is 0 Å². The lowest BCUT2D eigenvalue weighted by atomic mass is 9.94. The van der Waals surface area contributed by atoms with E-state index in [1.807, 2.05) is 30.3 Å². The zero-order valence-electron chi connectivity index (χ0n) is 20.9. The zero-order valence-corrected chi connectivity index (χ0v) is 24.0. The number of amides is 2. The molecule has 0 saturated heterocycles. The number of hydrogen-bond donors (Lipinski definition) is 1. The molecular formula is C30H30Cl4N2O2. The monoisotopic (exact) mass is 590 g/mol. The molecule has 38 heavy (non-hydrogen) atoms. The van der Waals surface area contributed by atoms with Gasteiger partial charge in [-0.2, -0.15) is 0 Å². The topological polar surface area (TPSA) is 49.4 Å². The number of carbonyl (C=O) groups is 2. The molecule has 0 radical (unpaired) electrons. The summed E-state index contributed by atoms with van der Waals surface area (Å²) in [5.74, 6) is -0.488. The molecule has 1 N–H and O–H groups in total. The molecule has 4 nitrogen and oxygen atoms in total. The smallest absolute Gasteiger partial charge is 0.243 e. The summed E-state index contributed by atoms with van der Waals surface area (Å²) >= 11 is 25.9. The SMILES string of the molecule is O=C(NC1CCCCC1)[C@@H](Cc1ccccc1)N(Cc1c(Cl)cccc1Cl)C(=O)Cc1c(Cl)cccc1Cl. The minimum absolute atomic E-state index is 0.0645. The highest BCUT2D eigenvalue weighted by molar-refractivity contribution is 6.36. The van der Waals surface area contributed by atoms with Crippen molar-refractivity contribution in [2.75, 3.05) is 0 Å². The molecule has 0 aliphatic heterocycles. The van der Waals surface area contributed by atoms with Gasteiger partial charge in [0.15, 0.2) is 0 Å². The van der Waals surface area contributed by atoms with Crippen molar-refractivity contribution in [1.29, 1.82) is 0 Å². The first kappa shape index (κ1) is 28.8. The first-order valence-electron chi connectivity index (χ1n) is 12.8. The van der Waals surface area contributed by atoms with Gasteiger partial charge in [-0.1, -0.05) is 108 Å². The highest BCUT2D eigenvalue weighted by Crippen LogP contribution is 2.30. The Bertz CT molecular complexity index is 1220. The molecular weight excluding hydrogens is 562 g/mol. The maximum atomic E-state index is 14.0. The predicted molar refractivity (Wildman–Crippen MR) is 156 cm³/mol. The molecule has 0 spiro atoms. The second-order valence-corrected chi connectivity index (χ2v) is 11.3. The molecule has 4 rings (SSSR count). The molecule has 8 heteroatoms. The lowest BCUT2D eigenvalue weighted by Gasteiger charge is -2.34. The van der Waals surface area contributed by atoms with E-state index < -0.39 is 6.04 Å². The highest BCUT2D eigenvalue weighted by Gasteiger charge is 2.33. The van der Waals surface area contributed by atoms with Gasteiger partial charge in [-0.3, -0.25) is 9.59 Å². The number of nitrogens with zero attached hydrogens (tertiary/aromatic N) is 1. The summed E-state index contributed by atoms with van der Waals surface area (Å²) < 4.78 is 0. The van der Waals surface area contributed by atoms with Crippen molar-refractivity contribution in [3.63, 3.8) is 0 Å². The van der Waals surface area contributed by atoms with E-state index in [2.05, 4.69) is 5.32 Å². The van der Waals surface area contributed by atoms with E-state index in [0.717, 1.165) is 31.2 Å². The van der Waals surface area contributed by atoms with Crippen LogP contribution in [0, 0.1) is 0 Å². The second kappa shape index (κ2) is 13.7. The average Bonchev–Trinajstić information content (AvgIpc) is 2.91. The first-order valence-corrected chi connectivity index (χ1v) is 14.3. The Morgan fingerprint density at radius 1 is 0.763 bits per heavy atom. The van der Waals surface area contributed by atoms with Gasteiger partial charge in [0.2, 0.25) is 11.8 Å². The van der Waals surface area contributed by atoms with Crippen molar-refractivity contribution in [3.05, 3.63) is 104 Å². The maximum Gasteiger partial charge on any atom is 0.243 e. The van der Waals surface area contributed by atoms with Crippen LogP contribution >= 0.6 is 46.4 Å². The Kier molecular flexibility index (Phi) is 10.4. The summed E-state index contributed by atoms with van der Waals surface area (Å²) in [6.45, 7) is 0.0645. The minimum Gasteiger partial charge on any atom is -0.352 e. The predicted octanol–water partition coefficient (Wildman–Crippen LogP) is 7.93. The van der Waals surface area contributed by atoms with Crippen LogP contribution in [0.15, 0.2) is 66.7 Å². The summed E-state index contributed by atoms with van der Waals surface area (Å²) in [6, 6.07) is 19.3. The molecule has 0 aromatic heterocycles. The largest absolute Gasteiger partial charge is 0.352 e. The standard InChI is InChI=1S/C30H30Cl4N2O2/c31-24-13-7-14-25(32)22(24)18-29(37)36(19-23-26(33)15-8-16-27(23)34)28(17-20-9-3-1-4-10-20)30(38)35-21-11-5-2-6-12-21/h1,3-4,7-10,13-16,21,28H,2,5-6,11-12,17-19H2,(H,35,38)/t28-/m1/s1. The molecule has 0 unspecified atom stereocenters. The normalized spacial score (nSPS) is 14.6. The van der Waals surface area contributed by atoms with Crippen LogP contribution < -0.4 is 5.32 Å². The van der Waals surface area contributed by atoms with E-state index in [0.29, 0.717) is 37.6 Å². The fraction of sp³-hybridized carbons (Fsp3) is 0.333. The third-order valence-corrected chi connectivity index (χ3v) is 8.42. The van der Waals surface area contributed by atoms with Crippen LogP contribution in [0.5, 0.6) is 0 Å². The molecule has 3 aromatic rings. The first-order chi connectivity index (χ1) is 18.3. The third kappa shape index (κ3) is 7.45. The quantitative estimate of drug-likeness (QED) is 0.275. The molecule has 1 saturated carbocycles. The van der Waals surface area contributed by atoms with Crippen LogP contribution in [0.1, 0.15) is 48.8 Å². The molecule has 1 aliphatic rings. The third-order valence-electron chi connectivity index (χ3n) is 7.00. The molecule has 3 aromatic carbocycles. The van der Waals surface area contributed by atoms with Crippen molar-refractivity contribution >= 4 is 58.2 Å². The van der Waals surface area contributed by atoms with Crippen LogP contribution in [0.2, 0.25) is 20.1 Å². The number of carbonyl (C=O) groups excluding carboxylic acids is 2. The van der Waals surface area contributed by atoms with Gasteiger partial charge >= 0.3 is 0 Å². The Morgan fingerprint density at radius 2 is 1.32 bits per heavy atom. The van der Waals surface area contributed by atoms with Gasteiger partial charge in [-0.25, -0.2) is 0 Å². The van der Waals surface area contributed by atoms with Crippen molar-refractivity contribution in [2.24, 2.45) is 0 Å². The van der Waals surface area contributed by atoms with E-state index >= 15 is 0 Å².